The molecule has 4 nitrogen and oxygen atoms in total. The second-order valence-electron chi connectivity index (χ2n) is 7.82. The van der Waals surface area contributed by atoms with Crippen molar-refractivity contribution >= 4 is 66.7 Å². The number of nitrogen functional groups attached to an aromatic ring is 1. The van der Waals surface area contributed by atoms with E-state index in [1.54, 1.807) is 35.6 Å². The van der Waals surface area contributed by atoms with Crippen LogP contribution in [0.1, 0.15) is 26.4 Å². The predicted octanol–water partition coefficient (Wildman–Crippen LogP) is 7.85. The minimum absolute atomic E-state index is 0.134. The first-order valence-corrected chi connectivity index (χ1v) is 12.3. The summed E-state index contributed by atoms with van der Waals surface area (Å²) in [6.07, 6.45) is 0. The third-order valence-corrected chi connectivity index (χ3v) is 7.83. The maximum Gasteiger partial charge on any atom is 0.205 e. The van der Waals surface area contributed by atoms with Gasteiger partial charge in [-0.15, -0.1) is 22.7 Å². The van der Waals surface area contributed by atoms with Gasteiger partial charge in [-0.25, -0.2) is 4.98 Å². The number of thiophene rings is 1. The first-order chi connectivity index (χ1) is 15.9. The predicted molar refractivity (Wildman–Crippen MR) is 141 cm³/mol. The highest BCUT2D eigenvalue weighted by Crippen LogP contribution is 2.47. The highest BCUT2D eigenvalue weighted by atomic mass is 35.5. The van der Waals surface area contributed by atoms with Crippen LogP contribution in [0.5, 0.6) is 0 Å². The van der Waals surface area contributed by atoms with Crippen molar-refractivity contribution in [2.75, 3.05) is 11.1 Å². The van der Waals surface area contributed by atoms with Gasteiger partial charge in [0, 0.05) is 16.3 Å². The number of thiazole rings is 1. The molecule has 0 fully saturated rings. The Kier molecular flexibility index (Phi) is 5.66. The molecule has 2 aromatic heterocycles. The van der Waals surface area contributed by atoms with Crippen molar-refractivity contribution in [3.05, 3.63) is 93.3 Å². The van der Waals surface area contributed by atoms with E-state index in [0.717, 1.165) is 42.6 Å². The second kappa shape index (κ2) is 8.63. The van der Waals surface area contributed by atoms with E-state index in [1.165, 1.54) is 11.3 Å². The van der Waals surface area contributed by atoms with Crippen LogP contribution in [0.3, 0.4) is 0 Å². The van der Waals surface area contributed by atoms with Crippen LogP contribution in [0.25, 0.3) is 20.8 Å². The van der Waals surface area contributed by atoms with Crippen molar-refractivity contribution < 1.29 is 4.79 Å². The molecule has 3 N–H and O–H groups in total. The van der Waals surface area contributed by atoms with Crippen molar-refractivity contribution in [2.45, 2.75) is 13.8 Å². The monoisotopic (exact) mass is 489 g/mol. The fourth-order valence-electron chi connectivity index (χ4n) is 3.62. The van der Waals surface area contributed by atoms with Crippen molar-refractivity contribution in [2.24, 2.45) is 0 Å². The maximum absolute atomic E-state index is 13.4. The van der Waals surface area contributed by atoms with Crippen LogP contribution in [-0.4, -0.2) is 10.8 Å². The highest BCUT2D eigenvalue weighted by Gasteiger charge is 2.25. The SMILES string of the molecule is Cc1ccc(C)c(Nc2sc(C(=O)c3ccc(Cl)cc3)c(N)c2-c2nc3ccccc3s2)c1. The number of rotatable bonds is 5. The molecule has 3 aromatic carbocycles. The van der Waals surface area contributed by atoms with Crippen LogP contribution in [-0.2, 0) is 0 Å². The summed E-state index contributed by atoms with van der Waals surface area (Å²) in [7, 11) is 0. The Morgan fingerprint density at radius 1 is 1.00 bits per heavy atom. The standard InChI is InChI=1S/C26H20ClN3OS2/c1-14-7-8-15(2)19(13-14)30-26-21(25-29-18-5-3-4-6-20(18)32-25)22(28)24(33-26)23(31)16-9-11-17(27)12-10-16/h3-13,30H,28H2,1-2H3. The number of hydrogen-bond donors (Lipinski definition) is 2. The summed E-state index contributed by atoms with van der Waals surface area (Å²) in [4.78, 5) is 18.7. The largest absolute Gasteiger partial charge is 0.397 e. The van der Waals surface area contributed by atoms with Gasteiger partial charge in [-0.2, -0.15) is 0 Å². The molecule has 5 rings (SSSR count). The average molecular weight is 490 g/mol. The molecule has 0 bridgehead atoms. The van der Waals surface area contributed by atoms with Gasteiger partial charge in [0.2, 0.25) is 5.78 Å². The Labute approximate surface area is 204 Å². The molecular weight excluding hydrogens is 470 g/mol. The van der Waals surface area contributed by atoms with Gasteiger partial charge in [-0.05, 0) is 67.4 Å². The van der Waals surface area contributed by atoms with Crippen LogP contribution in [0.2, 0.25) is 5.02 Å². The van der Waals surface area contributed by atoms with Gasteiger partial charge in [0.15, 0.2) is 0 Å². The van der Waals surface area contributed by atoms with E-state index < -0.39 is 0 Å². The third-order valence-electron chi connectivity index (χ3n) is 5.41. The van der Waals surface area contributed by atoms with Gasteiger partial charge in [-0.3, -0.25) is 4.79 Å². The van der Waals surface area contributed by atoms with E-state index in [9.17, 15) is 4.79 Å². The molecule has 0 radical (unpaired) electrons. The summed E-state index contributed by atoms with van der Waals surface area (Å²) in [5.41, 5.74) is 12.5. The maximum atomic E-state index is 13.4. The third kappa shape index (κ3) is 4.13. The van der Waals surface area contributed by atoms with E-state index in [4.69, 9.17) is 22.3 Å². The zero-order valence-corrected chi connectivity index (χ0v) is 20.4. The van der Waals surface area contributed by atoms with Crippen LogP contribution >= 0.6 is 34.3 Å². The van der Waals surface area contributed by atoms with Crippen LogP contribution in [0, 0.1) is 13.8 Å². The van der Waals surface area contributed by atoms with Gasteiger partial charge >= 0.3 is 0 Å². The van der Waals surface area contributed by atoms with E-state index in [2.05, 4.69) is 37.4 Å². The summed E-state index contributed by atoms with van der Waals surface area (Å²) in [6.45, 7) is 4.10. The highest BCUT2D eigenvalue weighted by molar-refractivity contribution is 7.23. The van der Waals surface area contributed by atoms with Gasteiger partial charge in [-0.1, -0.05) is 35.9 Å². The lowest BCUT2D eigenvalue weighted by Gasteiger charge is -2.10. The topological polar surface area (TPSA) is 68.0 Å². The van der Waals surface area contributed by atoms with Crippen molar-refractivity contribution in [3.63, 3.8) is 0 Å². The number of aryl methyl sites for hydroxylation is 2. The summed E-state index contributed by atoms with van der Waals surface area (Å²) in [6, 6.07) is 21.1. The lowest BCUT2D eigenvalue weighted by molar-refractivity contribution is 0.104. The second-order valence-corrected chi connectivity index (χ2v) is 10.3. The summed E-state index contributed by atoms with van der Waals surface area (Å²) >= 11 is 8.93. The van der Waals surface area contributed by atoms with E-state index in [1.807, 2.05) is 24.3 Å². The Morgan fingerprint density at radius 2 is 1.76 bits per heavy atom. The fourth-order valence-corrected chi connectivity index (χ4v) is 5.94. The summed E-state index contributed by atoms with van der Waals surface area (Å²) < 4.78 is 1.07. The number of carbonyl (C=O) groups excluding carboxylic acids is 1. The lowest BCUT2D eigenvalue weighted by Crippen LogP contribution is -2.02. The van der Waals surface area contributed by atoms with Gasteiger partial charge in [0.05, 0.1) is 21.5 Å². The number of aromatic nitrogens is 1. The smallest absolute Gasteiger partial charge is 0.205 e. The van der Waals surface area contributed by atoms with Crippen LogP contribution in [0.15, 0.2) is 66.7 Å². The molecule has 33 heavy (non-hydrogen) atoms. The lowest BCUT2D eigenvalue weighted by atomic mass is 10.1. The Hall–Kier alpha value is -3.19. The number of carbonyl (C=O) groups is 1. The molecule has 2 heterocycles. The number of anilines is 3. The quantitative estimate of drug-likeness (QED) is 0.246. The number of hydrogen-bond acceptors (Lipinski definition) is 6. The normalized spacial score (nSPS) is 11.1. The Morgan fingerprint density at radius 3 is 2.52 bits per heavy atom. The molecule has 0 aliphatic rings. The number of benzene rings is 3. The molecule has 5 aromatic rings. The molecule has 164 valence electrons. The Bertz CT molecular complexity index is 1470. The minimum atomic E-state index is -0.134. The van der Waals surface area contributed by atoms with E-state index in [-0.39, 0.29) is 5.78 Å². The molecule has 7 heteroatoms. The van der Waals surface area contributed by atoms with Crippen molar-refractivity contribution in [3.8, 4) is 10.6 Å². The van der Waals surface area contributed by atoms with Crippen molar-refractivity contribution in [1.29, 1.82) is 0 Å². The zero-order valence-electron chi connectivity index (χ0n) is 18.0. The van der Waals surface area contributed by atoms with E-state index in [0.29, 0.717) is 21.2 Å². The number of fused-ring (bicyclic) bond motifs is 1. The number of nitrogens with one attached hydrogen (secondary N) is 1. The number of ketones is 1. The van der Waals surface area contributed by atoms with E-state index >= 15 is 0 Å². The summed E-state index contributed by atoms with van der Waals surface area (Å²) in [5.74, 6) is -0.134. The zero-order chi connectivity index (χ0) is 23.1. The number of halogens is 1. The molecule has 0 atom stereocenters. The Balaban J connectivity index is 1.67. The van der Waals surface area contributed by atoms with Gasteiger partial charge in [0.25, 0.3) is 0 Å². The van der Waals surface area contributed by atoms with Gasteiger partial charge in [0.1, 0.15) is 14.9 Å². The molecule has 0 aliphatic heterocycles. The van der Waals surface area contributed by atoms with Gasteiger partial charge < -0.3 is 11.1 Å². The first kappa shape index (κ1) is 21.6. The number of nitrogens with two attached hydrogens (primary N) is 1. The molecule has 0 saturated heterocycles. The molecular formula is C26H20ClN3OS2. The molecule has 0 unspecified atom stereocenters. The fraction of sp³-hybridized carbons (Fsp3) is 0.0769. The minimum Gasteiger partial charge on any atom is -0.397 e. The number of nitrogens with zero attached hydrogens (tertiary/aromatic N) is 1. The van der Waals surface area contributed by atoms with Crippen LogP contribution in [0.4, 0.5) is 16.4 Å². The average Bonchev–Trinajstić information content (AvgIpc) is 3.36. The molecule has 0 saturated carbocycles. The summed E-state index contributed by atoms with van der Waals surface area (Å²) in [5, 5.41) is 5.70. The van der Waals surface area contributed by atoms with Crippen LogP contribution < -0.4 is 11.1 Å². The molecule has 0 spiro atoms. The molecule has 0 aliphatic carbocycles. The molecule has 0 amide bonds. The number of para-hydroxylation sites is 1. The first-order valence-electron chi connectivity index (χ1n) is 10.3. The van der Waals surface area contributed by atoms with Crippen molar-refractivity contribution in [1.82, 2.24) is 4.98 Å².